The van der Waals surface area contributed by atoms with E-state index in [-0.39, 0.29) is 5.41 Å². The van der Waals surface area contributed by atoms with Gasteiger partial charge in [-0.05, 0) is 63.2 Å². The van der Waals surface area contributed by atoms with Crippen LogP contribution in [0.15, 0.2) is 0 Å². The van der Waals surface area contributed by atoms with Crippen LogP contribution in [0.4, 0.5) is 0 Å². The normalized spacial score (nSPS) is 41.1. The molecule has 3 heteroatoms. The zero-order chi connectivity index (χ0) is 12.8. The molecule has 0 unspecified atom stereocenters. The predicted octanol–water partition coefficient (Wildman–Crippen LogP) is 3.45. The molecule has 4 aliphatic rings. The van der Waals surface area contributed by atoms with E-state index < -0.39 is 0 Å². The molecular formula is C15H24BrNO. The van der Waals surface area contributed by atoms with Crippen molar-refractivity contribution in [3.8, 4) is 0 Å². The van der Waals surface area contributed by atoms with Gasteiger partial charge in [0.15, 0.2) is 0 Å². The first-order chi connectivity index (χ1) is 8.66. The summed E-state index contributed by atoms with van der Waals surface area (Å²) in [5.74, 6) is 3.07. The van der Waals surface area contributed by atoms with Crippen molar-refractivity contribution < 1.29 is 4.79 Å². The quantitative estimate of drug-likeness (QED) is 0.728. The smallest absolute Gasteiger partial charge is 0.228 e. The third-order valence-electron chi connectivity index (χ3n) is 5.52. The van der Waals surface area contributed by atoms with Gasteiger partial charge in [-0.25, -0.2) is 0 Å². The minimum Gasteiger partial charge on any atom is -0.342 e. The molecule has 0 saturated heterocycles. The van der Waals surface area contributed by atoms with Crippen LogP contribution in [0.25, 0.3) is 0 Å². The monoisotopic (exact) mass is 313 g/mol. The Hall–Kier alpha value is -0.0500. The lowest BCUT2D eigenvalue weighted by molar-refractivity contribution is -0.157. The van der Waals surface area contributed by atoms with E-state index >= 15 is 0 Å². The minimum atomic E-state index is 0.0485. The third kappa shape index (κ3) is 2.03. The van der Waals surface area contributed by atoms with Crippen molar-refractivity contribution in [2.75, 3.05) is 18.4 Å². The number of nitrogens with zero attached hydrogens (tertiary/aromatic N) is 1. The van der Waals surface area contributed by atoms with E-state index in [9.17, 15) is 4.79 Å². The molecule has 2 nitrogen and oxygen atoms in total. The number of amides is 1. The highest BCUT2D eigenvalue weighted by Gasteiger charge is 2.55. The number of halogens is 1. The Bertz CT molecular complexity index is 306. The summed E-state index contributed by atoms with van der Waals surface area (Å²) in [5.41, 5.74) is 0.0485. The molecule has 4 fully saturated rings. The maximum Gasteiger partial charge on any atom is 0.228 e. The van der Waals surface area contributed by atoms with E-state index in [4.69, 9.17) is 0 Å². The summed E-state index contributed by atoms with van der Waals surface area (Å²) in [4.78, 5) is 15.0. The summed E-state index contributed by atoms with van der Waals surface area (Å²) in [6.45, 7) is 3.85. The topological polar surface area (TPSA) is 20.3 Å². The summed E-state index contributed by atoms with van der Waals surface area (Å²) in [5, 5.41) is 0.902. The van der Waals surface area contributed by atoms with Crippen molar-refractivity contribution >= 4 is 21.8 Å². The SMILES string of the molecule is CCN(CCBr)C(=O)C12CC3CC(CC(C3)C1)C2. The molecule has 4 rings (SSSR count). The summed E-state index contributed by atoms with van der Waals surface area (Å²) < 4.78 is 0. The fourth-order valence-corrected chi connectivity index (χ4v) is 5.64. The molecule has 0 aromatic heterocycles. The largest absolute Gasteiger partial charge is 0.342 e. The molecule has 102 valence electrons. The molecule has 4 bridgehead atoms. The van der Waals surface area contributed by atoms with Crippen LogP contribution < -0.4 is 0 Å². The average Bonchev–Trinajstić information content (AvgIpc) is 2.33. The molecule has 0 aromatic rings. The van der Waals surface area contributed by atoms with E-state index in [1.165, 1.54) is 38.5 Å². The lowest BCUT2D eigenvalue weighted by Gasteiger charge is -2.56. The van der Waals surface area contributed by atoms with Gasteiger partial charge in [-0.15, -0.1) is 0 Å². The maximum atomic E-state index is 12.9. The molecule has 18 heavy (non-hydrogen) atoms. The number of hydrogen-bond donors (Lipinski definition) is 0. The van der Waals surface area contributed by atoms with Gasteiger partial charge in [0.2, 0.25) is 5.91 Å². The van der Waals surface area contributed by atoms with Gasteiger partial charge in [0, 0.05) is 18.4 Å². The molecule has 0 radical (unpaired) electrons. The van der Waals surface area contributed by atoms with Crippen LogP contribution in [0.2, 0.25) is 0 Å². The third-order valence-corrected chi connectivity index (χ3v) is 5.87. The van der Waals surface area contributed by atoms with Gasteiger partial charge in [0.1, 0.15) is 0 Å². The van der Waals surface area contributed by atoms with Gasteiger partial charge in [0.25, 0.3) is 0 Å². The van der Waals surface area contributed by atoms with E-state index in [2.05, 4.69) is 27.8 Å². The highest BCUT2D eigenvalue weighted by molar-refractivity contribution is 9.09. The van der Waals surface area contributed by atoms with Gasteiger partial charge in [-0.2, -0.15) is 0 Å². The lowest BCUT2D eigenvalue weighted by Crippen LogP contribution is -2.54. The van der Waals surface area contributed by atoms with Crippen LogP contribution in [0.5, 0.6) is 0 Å². The van der Waals surface area contributed by atoms with E-state index in [1.54, 1.807) is 0 Å². The number of carbonyl (C=O) groups is 1. The Morgan fingerprint density at radius 3 is 2.06 bits per heavy atom. The van der Waals surface area contributed by atoms with Crippen molar-refractivity contribution in [3.63, 3.8) is 0 Å². The van der Waals surface area contributed by atoms with Gasteiger partial charge in [-0.3, -0.25) is 4.79 Å². The highest BCUT2D eigenvalue weighted by atomic mass is 79.9. The molecule has 1 amide bonds. The van der Waals surface area contributed by atoms with Gasteiger partial charge in [-0.1, -0.05) is 15.9 Å². The first kappa shape index (κ1) is 13.0. The van der Waals surface area contributed by atoms with E-state index in [0.717, 1.165) is 36.2 Å². The second-order valence-corrected chi connectivity index (χ2v) is 7.56. The van der Waals surface area contributed by atoms with Crippen LogP contribution in [0.3, 0.4) is 0 Å². The zero-order valence-electron chi connectivity index (χ0n) is 11.3. The van der Waals surface area contributed by atoms with Crippen LogP contribution in [-0.2, 0) is 4.79 Å². The Balaban J connectivity index is 1.80. The fraction of sp³-hybridized carbons (Fsp3) is 0.933. The molecule has 0 aliphatic heterocycles. The Morgan fingerprint density at radius 1 is 1.17 bits per heavy atom. The second kappa shape index (κ2) is 4.81. The minimum absolute atomic E-state index is 0.0485. The molecule has 0 heterocycles. The fourth-order valence-electron chi connectivity index (χ4n) is 5.21. The first-order valence-corrected chi connectivity index (χ1v) is 8.64. The van der Waals surface area contributed by atoms with Crippen molar-refractivity contribution in [1.29, 1.82) is 0 Å². The summed E-state index contributed by atoms with van der Waals surface area (Å²) in [6, 6.07) is 0. The summed E-state index contributed by atoms with van der Waals surface area (Å²) in [7, 11) is 0. The molecule has 0 spiro atoms. The molecule has 0 atom stereocenters. The van der Waals surface area contributed by atoms with E-state index in [1.807, 2.05) is 0 Å². The van der Waals surface area contributed by atoms with Gasteiger partial charge < -0.3 is 4.90 Å². The first-order valence-electron chi connectivity index (χ1n) is 7.52. The van der Waals surface area contributed by atoms with Gasteiger partial charge >= 0.3 is 0 Å². The predicted molar refractivity (Wildman–Crippen MR) is 76.7 cm³/mol. The molecule has 4 aliphatic carbocycles. The van der Waals surface area contributed by atoms with Crippen molar-refractivity contribution in [2.24, 2.45) is 23.2 Å². The molecule has 0 aromatic carbocycles. The van der Waals surface area contributed by atoms with E-state index in [0.29, 0.717) is 5.91 Å². The molecule has 4 saturated carbocycles. The van der Waals surface area contributed by atoms with Crippen molar-refractivity contribution in [3.05, 3.63) is 0 Å². The highest BCUT2D eigenvalue weighted by Crippen LogP contribution is 2.60. The van der Waals surface area contributed by atoms with Crippen LogP contribution >= 0.6 is 15.9 Å². The standard InChI is InChI=1S/C15H24BrNO/c1-2-17(4-3-16)14(18)15-8-11-5-12(9-15)7-13(6-11)10-15/h11-13H,2-10H2,1H3. The zero-order valence-corrected chi connectivity index (χ0v) is 12.9. The van der Waals surface area contributed by atoms with Crippen LogP contribution in [0.1, 0.15) is 45.4 Å². The van der Waals surface area contributed by atoms with Crippen LogP contribution in [-0.4, -0.2) is 29.2 Å². The lowest BCUT2D eigenvalue weighted by atomic mass is 9.49. The summed E-state index contributed by atoms with van der Waals surface area (Å²) in [6.07, 6.45) is 7.81. The van der Waals surface area contributed by atoms with Crippen molar-refractivity contribution in [2.45, 2.75) is 45.4 Å². The van der Waals surface area contributed by atoms with Gasteiger partial charge in [0.05, 0.1) is 5.41 Å². The Morgan fingerprint density at radius 2 is 1.67 bits per heavy atom. The second-order valence-electron chi connectivity index (χ2n) is 6.77. The average molecular weight is 314 g/mol. The number of alkyl halides is 1. The summed E-state index contributed by atoms with van der Waals surface area (Å²) >= 11 is 3.48. The maximum absolute atomic E-state index is 12.9. The molecule has 0 N–H and O–H groups in total. The number of rotatable bonds is 4. The number of hydrogen-bond acceptors (Lipinski definition) is 1. The van der Waals surface area contributed by atoms with Crippen LogP contribution in [0, 0.1) is 23.2 Å². The molecular weight excluding hydrogens is 290 g/mol. The Kier molecular flexibility index (Phi) is 3.46. The number of carbonyl (C=O) groups excluding carboxylic acids is 1. The Labute approximate surface area is 119 Å². The van der Waals surface area contributed by atoms with Crippen molar-refractivity contribution in [1.82, 2.24) is 4.90 Å².